The lowest BCUT2D eigenvalue weighted by Crippen LogP contribution is -2.60. The van der Waals surface area contributed by atoms with E-state index in [4.69, 9.17) is 0 Å². The highest BCUT2D eigenvalue weighted by molar-refractivity contribution is 7.33. The van der Waals surface area contributed by atoms with E-state index in [1.165, 1.54) is 132 Å². The van der Waals surface area contributed by atoms with Gasteiger partial charge in [-0.1, -0.05) is 181 Å². The zero-order chi connectivity index (χ0) is 47.2. The van der Waals surface area contributed by atoms with Gasteiger partial charge in [-0.15, -0.1) is 11.3 Å². The van der Waals surface area contributed by atoms with E-state index >= 15 is 0 Å². The molecule has 0 atom stereocenters. The lowest BCUT2D eigenvalue weighted by molar-refractivity contribution is 0.795. The van der Waals surface area contributed by atoms with E-state index in [1.807, 2.05) is 11.3 Å². The molecule has 0 radical (unpaired) electrons. The maximum Gasteiger partial charge on any atom is 0.264 e. The SMILES string of the molecule is CC(C)c1ccc(N2c3cccc4c3B(c3ccc(-c5c(C(C)C)cccc5C(C)C)cc3N4c3ccccc3)c3sc4cc5c(cc4c32)-c2ccccc2C52c3ccccc3-c3ccccc32)cc1. The van der Waals surface area contributed by atoms with Crippen LogP contribution in [0, 0.1) is 0 Å². The zero-order valence-corrected chi connectivity index (χ0v) is 41.4. The van der Waals surface area contributed by atoms with E-state index in [0.717, 1.165) is 0 Å². The van der Waals surface area contributed by atoms with Crippen molar-refractivity contribution in [2.45, 2.75) is 64.7 Å². The fraction of sp³-hybridized carbons (Fsp3) is 0.152. The number of hydrogen-bond acceptors (Lipinski definition) is 3. The molecule has 0 saturated heterocycles. The molecule has 2 nitrogen and oxygen atoms in total. The van der Waals surface area contributed by atoms with Crippen molar-refractivity contribution >= 4 is 78.0 Å². The molecule has 70 heavy (non-hydrogen) atoms. The first-order chi connectivity index (χ1) is 34.2. The zero-order valence-electron chi connectivity index (χ0n) is 40.6. The van der Waals surface area contributed by atoms with Crippen molar-refractivity contribution in [3.05, 3.63) is 233 Å². The second-order valence-electron chi connectivity index (χ2n) is 20.9. The fourth-order valence-corrected chi connectivity index (χ4v) is 14.5. The molecule has 3 heterocycles. The molecule has 4 aliphatic rings. The molecule has 10 aromatic rings. The number of benzene rings is 9. The Morgan fingerprint density at radius 2 is 1.00 bits per heavy atom. The Labute approximate surface area is 416 Å². The van der Waals surface area contributed by atoms with Crippen LogP contribution in [0.15, 0.2) is 194 Å². The summed E-state index contributed by atoms with van der Waals surface area (Å²) >= 11 is 2.01. The Balaban J connectivity index is 1.08. The van der Waals surface area contributed by atoms with Gasteiger partial charge in [0.05, 0.1) is 11.1 Å². The van der Waals surface area contributed by atoms with Crippen molar-refractivity contribution in [1.29, 1.82) is 0 Å². The van der Waals surface area contributed by atoms with E-state index in [2.05, 4.69) is 245 Å². The second-order valence-corrected chi connectivity index (χ2v) is 22.0. The summed E-state index contributed by atoms with van der Waals surface area (Å²) in [6.07, 6.45) is 0. The first-order valence-corrected chi connectivity index (χ1v) is 26.1. The standard InChI is InChI=1S/C66H53BN2S/c1-39(2)42-30-33-45(34-31-42)69-59-29-17-28-58-63(59)67(57-35-32-43(36-60(57)68(58)44-18-8-7-9-19-44)62-46(40(3)4)23-16-24-47(62)41(5)6)65-64(69)52-37-51-50-22-12-15-27-55(50)66(56(51)38-61(52)70-65)53-25-13-10-20-48(53)49-21-11-14-26-54(49)66/h7-41H,1-6H3. The van der Waals surface area contributed by atoms with Crippen molar-refractivity contribution < 1.29 is 0 Å². The van der Waals surface area contributed by atoms with E-state index in [1.54, 1.807) is 0 Å². The summed E-state index contributed by atoms with van der Waals surface area (Å²) in [7, 11) is 0. The number of thiophene rings is 1. The average molecular weight is 917 g/mol. The molecule has 2 aliphatic heterocycles. The predicted octanol–water partition coefficient (Wildman–Crippen LogP) is 16.4. The Bertz CT molecular complexity index is 3710. The van der Waals surface area contributed by atoms with Crippen LogP contribution < -0.4 is 25.5 Å². The molecule has 9 aromatic carbocycles. The minimum atomic E-state index is -0.411. The number of rotatable bonds is 6. The van der Waals surface area contributed by atoms with Gasteiger partial charge in [0, 0.05) is 43.3 Å². The molecule has 0 bridgehead atoms. The molecule has 1 spiro atoms. The Morgan fingerprint density at radius 1 is 0.443 bits per heavy atom. The van der Waals surface area contributed by atoms with Gasteiger partial charge in [-0.2, -0.15) is 0 Å². The van der Waals surface area contributed by atoms with E-state index in [-0.39, 0.29) is 6.71 Å². The predicted molar refractivity (Wildman–Crippen MR) is 300 cm³/mol. The van der Waals surface area contributed by atoms with Crippen LogP contribution in [0.1, 0.15) is 98.2 Å². The number of anilines is 6. The van der Waals surface area contributed by atoms with Gasteiger partial charge in [-0.25, -0.2) is 0 Å². The van der Waals surface area contributed by atoms with Crippen molar-refractivity contribution in [3.8, 4) is 33.4 Å². The topological polar surface area (TPSA) is 6.48 Å². The lowest BCUT2D eigenvalue weighted by Gasteiger charge is -2.43. The summed E-state index contributed by atoms with van der Waals surface area (Å²) in [5.41, 5.74) is 27.3. The minimum absolute atomic E-state index is 0.0164. The van der Waals surface area contributed by atoms with Crippen LogP contribution in [0.2, 0.25) is 0 Å². The Kier molecular flexibility index (Phi) is 9.09. The molecule has 0 saturated carbocycles. The van der Waals surface area contributed by atoms with Crippen LogP contribution in [0.4, 0.5) is 34.1 Å². The number of fused-ring (bicyclic) bond motifs is 16. The van der Waals surface area contributed by atoms with Gasteiger partial charge in [-0.05, 0) is 156 Å². The van der Waals surface area contributed by atoms with Gasteiger partial charge in [0.2, 0.25) is 0 Å². The highest BCUT2D eigenvalue weighted by Crippen LogP contribution is 2.64. The first kappa shape index (κ1) is 41.6. The largest absolute Gasteiger partial charge is 0.311 e. The van der Waals surface area contributed by atoms with Gasteiger partial charge < -0.3 is 9.80 Å². The fourth-order valence-electron chi connectivity index (χ4n) is 13.2. The van der Waals surface area contributed by atoms with E-state index < -0.39 is 5.41 Å². The molecule has 0 fully saturated rings. The van der Waals surface area contributed by atoms with Crippen LogP contribution >= 0.6 is 11.3 Å². The summed E-state index contributed by atoms with van der Waals surface area (Å²) in [4.78, 5) is 5.18. The van der Waals surface area contributed by atoms with Gasteiger partial charge in [0.25, 0.3) is 6.71 Å². The van der Waals surface area contributed by atoms with Gasteiger partial charge in [0.15, 0.2) is 0 Å². The molecule has 0 unspecified atom stereocenters. The highest BCUT2D eigenvalue weighted by atomic mass is 32.1. The van der Waals surface area contributed by atoms with Crippen molar-refractivity contribution in [3.63, 3.8) is 0 Å². The van der Waals surface area contributed by atoms with Gasteiger partial charge >= 0.3 is 0 Å². The van der Waals surface area contributed by atoms with Crippen LogP contribution in [-0.4, -0.2) is 6.71 Å². The van der Waals surface area contributed by atoms with E-state index in [9.17, 15) is 0 Å². The first-order valence-electron chi connectivity index (χ1n) is 25.3. The third-order valence-electron chi connectivity index (χ3n) is 16.2. The Hall–Kier alpha value is -7.40. The summed E-state index contributed by atoms with van der Waals surface area (Å²) in [6.45, 7) is 13.9. The number of hydrogen-bond donors (Lipinski definition) is 0. The Morgan fingerprint density at radius 3 is 1.61 bits per heavy atom. The number of para-hydroxylation sites is 1. The molecule has 14 rings (SSSR count). The van der Waals surface area contributed by atoms with Gasteiger partial charge in [0.1, 0.15) is 0 Å². The molecule has 0 N–H and O–H groups in total. The smallest absolute Gasteiger partial charge is 0.264 e. The van der Waals surface area contributed by atoms with Crippen LogP contribution in [0.3, 0.4) is 0 Å². The molecule has 0 amide bonds. The number of nitrogens with zero attached hydrogens (tertiary/aromatic N) is 2. The van der Waals surface area contributed by atoms with Crippen LogP contribution in [0.5, 0.6) is 0 Å². The van der Waals surface area contributed by atoms with Crippen molar-refractivity contribution in [2.75, 3.05) is 9.80 Å². The second kappa shape index (κ2) is 15.3. The summed E-state index contributed by atoms with van der Waals surface area (Å²) in [6, 6.07) is 74.7. The lowest BCUT2D eigenvalue weighted by atomic mass is 9.36. The van der Waals surface area contributed by atoms with Crippen molar-refractivity contribution in [1.82, 2.24) is 0 Å². The summed E-state index contributed by atoms with van der Waals surface area (Å²) in [5.74, 6) is 1.21. The quantitative estimate of drug-likeness (QED) is 0.153. The molecule has 336 valence electrons. The van der Waals surface area contributed by atoms with Crippen molar-refractivity contribution in [2.24, 2.45) is 0 Å². The monoisotopic (exact) mass is 916 g/mol. The molecule has 4 heteroatoms. The third kappa shape index (κ3) is 5.57. The highest BCUT2D eigenvalue weighted by Gasteiger charge is 2.52. The maximum atomic E-state index is 2.62. The molecular formula is C66H53BN2S. The maximum absolute atomic E-state index is 2.62. The minimum Gasteiger partial charge on any atom is -0.311 e. The van der Waals surface area contributed by atoms with Crippen LogP contribution in [-0.2, 0) is 5.41 Å². The third-order valence-corrected chi connectivity index (χ3v) is 17.4. The molecular weight excluding hydrogens is 864 g/mol. The molecule has 2 aliphatic carbocycles. The average Bonchev–Trinajstić information content (AvgIpc) is 4.01. The summed E-state index contributed by atoms with van der Waals surface area (Å²) in [5, 5.41) is 1.31. The van der Waals surface area contributed by atoms with E-state index in [0.29, 0.717) is 17.8 Å². The van der Waals surface area contributed by atoms with Gasteiger partial charge in [-0.3, -0.25) is 0 Å². The van der Waals surface area contributed by atoms with Crippen LogP contribution in [0.25, 0.3) is 43.5 Å². The normalized spacial score (nSPS) is 14.3. The molecule has 1 aromatic heterocycles. The summed E-state index contributed by atoms with van der Waals surface area (Å²) < 4.78 is 2.72.